The lowest BCUT2D eigenvalue weighted by Crippen LogP contribution is -2.40. The molecule has 0 unspecified atom stereocenters. The molecule has 0 atom stereocenters. The highest BCUT2D eigenvalue weighted by Gasteiger charge is 2.29. The van der Waals surface area contributed by atoms with Gasteiger partial charge in [0.05, 0.1) is 11.9 Å². The van der Waals surface area contributed by atoms with Crippen molar-refractivity contribution in [3.8, 4) is 0 Å². The first-order valence-electron chi connectivity index (χ1n) is 7.60. The van der Waals surface area contributed by atoms with Gasteiger partial charge in [-0.1, -0.05) is 12.8 Å². The molecule has 0 aliphatic heterocycles. The van der Waals surface area contributed by atoms with Crippen molar-refractivity contribution in [2.75, 3.05) is 18.1 Å². The van der Waals surface area contributed by atoms with E-state index in [1.807, 2.05) is 0 Å². The van der Waals surface area contributed by atoms with Crippen LogP contribution in [0.25, 0.3) is 0 Å². The quantitative estimate of drug-likeness (QED) is 0.789. The van der Waals surface area contributed by atoms with Gasteiger partial charge in [-0.2, -0.15) is 4.31 Å². The number of sulfonamides is 1. The molecule has 0 spiro atoms. The number of anilines is 1. The number of rotatable bonds is 6. The lowest BCUT2D eigenvalue weighted by Gasteiger charge is -2.26. The second kappa shape index (κ2) is 7.52. The Balaban J connectivity index is 2.00. The molecule has 1 saturated carbocycles. The second-order valence-corrected chi connectivity index (χ2v) is 7.77. The van der Waals surface area contributed by atoms with Gasteiger partial charge in [-0.25, -0.2) is 21.6 Å². The molecule has 9 heteroatoms. The molecule has 1 N–H and O–H groups in total. The van der Waals surface area contributed by atoms with Crippen molar-refractivity contribution in [3.05, 3.63) is 29.6 Å². The molecule has 1 fully saturated rings. The number of benzene rings is 1. The van der Waals surface area contributed by atoms with Crippen LogP contribution in [0.4, 0.5) is 18.9 Å². The highest BCUT2D eigenvalue weighted by atomic mass is 32.2. The molecule has 1 aromatic carbocycles. The summed E-state index contributed by atoms with van der Waals surface area (Å²) in [6.07, 6.45) is 4.23. The summed E-state index contributed by atoms with van der Waals surface area (Å²) in [6.45, 7) is -0.0410. The van der Waals surface area contributed by atoms with E-state index >= 15 is 0 Å². The zero-order valence-electron chi connectivity index (χ0n) is 13.2. The van der Waals surface area contributed by atoms with Gasteiger partial charge < -0.3 is 5.32 Å². The van der Waals surface area contributed by atoms with Crippen LogP contribution in [-0.2, 0) is 14.8 Å². The summed E-state index contributed by atoms with van der Waals surface area (Å²) in [6, 6.07) is 1.49. The van der Waals surface area contributed by atoms with Crippen molar-refractivity contribution in [2.24, 2.45) is 0 Å². The molecule has 1 aromatic rings. The summed E-state index contributed by atoms with van der Waals surface area (Å²) < 4.78 is 64.5. The van der Waals surface area contributed by atoms with Crippen LogP contribution in [0.3, 0.4) is 0 Å². The lowest BCUT2D eigenvalue weighted by molar-refractivity contribution is -0.116. The molecule has 0 saturated heterocycles. The third-order valence-electron chi connectivity index (χ3n) is 4.03. The van der Waals surface area contributed by atoms with Crippen LogP contribution in [-0.4, -0.2) is 37.5 Å². The molecule has 0 bridgehead atoms. The predicted molar refractivity (Wildman–Crippen MR) is 83.4 cm³/mol. The fraction of sp³-hybridized carbons (Fsp3) is 0.533. The van der Waals surface area contributed by atoms with Gasteiger partial charge >= 0.3 is 0 Å². The van der Waals surface area contributed by atoms with E-state index in [9.17, 15) is 26.4 Å². The first-order valence-corrected chi connectivity index (χ1v) is 9.45. The minimum absolute atomic E-state index is 0.0410. The highest BCUT2D eigenvalue weighted by Crippen LogP contribution is 2.25. The SMILES string of the molecule is CS(=O)(=O)N(CCC(=O)Nc1ccc(F)c(F)c1F)C1CCCC1. The smallest absolute Gasteiger partial charge is 0.225 e. The van der Waals surface area contributed by atoms with Gasteiger partial charge in [0.2, 0.25) is 15.9 Å². The molecule has 0 radical (unpaired) electrons. The standard InChI is InChI=1S/C15H19F3N2O3S/c1-24(22,23)20(10-4-2-3-5-10)9-8-13(21)19-12-7-6-11(16)14(17)15(12)18/h6-7,10H,2-5,8-9H2,1H3,(H,19,21). The van der Waals surface area contributed by atoms with E-state index in [1.165, 1.54) is 4.31 Å². The maximum atomic E-state index is 13.5. The normalized spacial score (nSPS) is 15.9. The van der Waals surface area contributed by atoms with Crippen LogP contribution in [0.15, 0.2) is 12.1 Å². The van der Waals surface area contributed by atoms with Gasteiger partial charge in [0, 0.05) is 19.0 Å². The van der Waals surface area contributed by atoms with E-state index in [2.05, 4.69) is 5.32 Å². The summed E-state index contributed by atoms with van der Waals surface area (Å²) in [5.41, 5.74) is -0.481. The summed E-state index contributed by atoms with van der Waals surface area (Å²) in [7, 11) is -3.47. The van der Waals surface area contributed by atoms with E-state index in [4.69, 9.17) is 0 Å². The van der Waals surface area contributed by atoms with Crippen LogP contribution in [0, 0.1) is 17.5 Å². The molecule has 2 rings (SSSR count). The molecule has 1 amide bonds. The molecule has 24 heavy (non-hydrogen) atoms. The van der Waals surface area contributed by atoms with Crippen LogP contribution in [0.5, 0.6) is 0 Å². The van der Waals surface area contributed by atoms with E-state index in [-0.39, 0.29) is 19.0 Å². The third kappa shape index (κ3) is 4.47. The molecule has 134 valence electrons. The minimum Gasteiger partial charge on any atom is -0.323 e. The Hall–Kier alpha value is -1.61. The van der Waals surface area contributed by atoms with Crippen LogP contribution >= 0.6 is 0 Å². The predicted octanol–water partition coefficient (Wildman–Crippen LogP) is 2.64. The molecule has 0 aromatic heterocycles. The summed E-state index contributed by atoms with van der Waals surface area (Å²) >= 11 is 0. The van der Waals surface area contributed by atoms with Gasteiger partial charge in [-0.3, -0.25) is 4.79 Å². The van der Waals surface area contributed by atoms with Crippen molar-refractivity contribution in [2.45, 2.75) is 38.1 Å². The monoisotopic (exact) mass is 364 g/mol. The number of amides is 1. The Morgan fingerprint density at radius 1 is 1.21 bits per heavy atom. The molecular weight excluding hydrogens is 345 g/mol. The molecule has 1 aliphatic carbocycles. The first-order chi connectivity index (χ1) is 11.2. The van der Waals surface area contributed by atoms with Gasteiger partial charge in [-0.15, -0.1) is 0 Å². The summed E-state index contributed by atoms with van der Waals surface area (Å²) in [5.74, 6) is -5.18. The first kappa shape index (κ1) is 18.7. The number of nitrogens with one attached hydrogen (secondary N) is 1. The van der Waals surface area contributed by atoms with Crippen molar-refractivity contribution in [1.82, 2.24) is 4.31 Å². The summed E-state index contributed by atoms with van der Waals surface area (Å²) in [4.78, 5) is 11.9. The van der Waals surface area contributed by atoms with Crippen molar-refractivity contribution >= 4 is 21.6 Å². The van der Waals surface area contributed by atoms with E-state index in [0.29, 0.717) is 6.07 Å². The number of hydrogen-bond donors (Lipinski definition) is 1. The van der Waals surface area contributed by atoms with E-state index < -0.39 is 39.1 Å². The number of halogens is 3. The van der Waals surface area contributed by atoms with Crippen LogP contribution in [0.2, 0.25) is 0 Å². The minimum atomic E-state index is -3.47. The Bertz CT molecular complexity index is 719. The number of carbonyl (C=O) groups is 1. The average Bonchev–Trinajstić information content (AvgIpc) is 3.00. The Labute approximate surface area is 138 Å². The lowest BCUT2D eigenvalue weighted by atomic mass is 10.2. The second-order valence-electron chi connectivity index (χ2n) is 5.83. The number of nitrogens with zero attached hydrogens (tertiary/aromatic N) is 1. The zero-order valence-corrected chi connectivity index (χ0v) is 14.0. The molecular formula is C15H19F3N2O3S. The van der Waals surface area contributed by atoms with Crippen molar-refractivity contribution in [1.29, 1.82) is 0 Å². The topological polar surface area (TPSA) is 66.5 Å². The van der Waals surface area contributed by atoms with Gasteiger partial charge in [0.15, 0.2) is 17.5 Å². The molecule has 1 aliphatic rings. The highest BCUT2D eigenvalue weighted by molar-refractivity contribution is 7.88. The van der Waals surface area contributed by atoms with Gasteiger partial charge in [0.25, 0.3) is 0 Å². The molecule has 5 nitrogen and oxygen atoms in total. The summed E-state index contributed by atoms with van der Waals surface area (Å²) in [5, 5.41) is 2.13. The maximum Gasteiger partial charge on any atom is 0.225 e. The Morgan fingerprint density at radius 3 is 2.42 bits per heavy atom. The van der Waals surface area contributed by atoms with E-state index in [0.717, 1.165) is 38.0 Å². The third-order valence-corrected chi connectivity index (χ3v) is 5.36. The van der Waals surface area contributed by atoms with Gasteiger partial charge in [0.1, 0.15) is 0 Å². The average molecular weight is 364 g/mol. The maximum absolute atomic E-state index is 13.5. The van der Waals surface area contributed by atoms with E-state index in [1.54, 1.807) is 0 Å². The fourth-order valence-corrected chi connectivity index (χ4v) is 4.03. The largest absolute Gasteiger partial charge is 0.323 e. The van der Waals surface area contributed by atoms with Crippen molar-refractivity contribution < 1.29 is 26.4 Å². The van der Waals surface area contributed by atoms with Crippen molar-refractivity contribution in [3.63, 3.8) is 0 Å². The number of carbonyl (C=O) groups excluding carboxylic acids is 1. The fourth-order valence-electron chi connectivity index (χ4n) is 2.86. The molecule has 0 heterocycles. The number of hydrogen-bond acceptors (Lipinski definition) is 3. The van der Waals surface area contributed by atoms with Crippen LogP contribution < -0.4 is 5.32 Å². The Kier molecular flexibility index (Phi) is 5.87. The van der Waals surface area contributed by atoms with Crippen LogP contribution in [0.1, 0.15) is 32.1 Å². The zero-order chi connectivity index (χ0) is 17.9. The van der Waals surface area contributed by atoms with Gasteiger partial charge in [-0.05, 0) is 25.0 Å². The Morgan fingerprint density at radius 2 is 1.83 bits per heavy atom.